The molecule has 10 heteroatoms. The van der Waals surface area contributed by atoms with Gasteiger partial charge in [0.05, 0.1) is 6.61 Å². The number of amides is 1. The highest BCUT2D eigenvalue weighted by atomic mass is 32.1. The van der Waals surface area contributed by atoms with Gasteiger partial charge in [0.25, 0.3) is 0 Å². The van der Waals surface area contributed by atoms with Crippen LogP contribution in [0.15, 0.2) is 30.3 Å². The number of carbonyl (C=O) groups excluding carboxylic acids is 4. The van der Waals surface area contributed by atoms with Gasteiger partial charge >= 0.3 is 18.0 Å². The van der Waals surface area contributed by atoms with Gasteiger partial charge in [-0.05, 0) is 32.4 Å². The van der Waals surface area contributed by atoms with Gasteiger partial charge in [-0.2, -0.15) is 0 Å². The average Bonchev–Trinajstić information content (AvgIpc) is 2.69. The number of ketones is 1. The van der Waals surface area contributed by atoms with Gasteiger partial charge in [0.1, 0.15) is 18.2 Å². The highest BCUT2D eigenvalue weighted by Crippen LogP contribution is 2.11. The molecule has 0 fully saturated rings. The molecule has 1 aromatic rings. The molecule has 0 unspecified atom stereocenters. The van der Waals surface area contributed by atoms with E-state index >= 15 is 0 Å². The number of hydrogen-bond donors (Lipinski definition) is 1. The van der Waals surface area contributed by atoms with Crippen molar-refractivity contribution in [1.29, 1.82) is 0 Å². The number of ether oxygens (including phenoxy) is 3. The topological polar surface area (TPSA) is 108 Å². The molecule has 0 bridgehead atoms. The molecule has 0 saturated carbocycles. The number of hydrogen-bond acceptors (Lipinski definition) is 8. The van der Waals surface area contributed by atoms with Crippen LogP contribution in [0, 0.1) is 0 Å². The van der Waals surface area contributed by atoms with Crippen molar-refractivity contribution in [3.8, 4) is 0 Å². The minimum atomic E-state index is -1.43. The van der Waals surface area contributed by atoms with E-state index in [1.165, 1.54) is 0 Å². The first kappa shape index (κ1) is 28.4. The van der Waals surface area contributed by atoms with Gasteiger partial charge in [0, 0.05) is 14.5 Å². The van der Waals surface area contributed by atoms with Gasteiger partial charge in [-0.25, -0.2) is 14.4 Å². The zero-order chi connectivity index (χ0) is 25.2. The van der Waals surface area contributed by atoms with Crippen LogP contribution in [0.25, 0.3) is 0 Å². The van der Waals surface area contributed by atoms with Crippen molar-refractivity contribution >= 4 is 49.0 Å². The smallest absolute Gasteiger partial charge is 0.408 e. The van der Waals surface area contributed by atoms with E-state index in [-0.39, 0.29) is 13.2 Å². The van der Waals surface area contributed by atoms with Crippen LogP contribution in [0.4, 0.5) is 4.79 Å². The van der Waals surface area contributed by atoms with Gasteiger partial charge < -0.3 is 19.5 Å². The van der Waals surface area contributed by atoms with E-state index in [4.69, 9.17) is 26.4 Å². The second kappa shape index (κ2) is 12.6. The van der Waals surface area contributed by atoms with E-state index in [1.54, 1.807) is 45.0 Å². The Kier molecular flexibility index (Phi) is 10.9. The van der Waals surface area contributed by atoms with E-state index in [0.29, 0.717) is 0 Å². The lowest BCUT2D eigenvalue weighted by molar-refractivity contribution is -0.148. The molecule has 0 aliphatic heterocycles. The first-order valence-electron chi connectivity index (χ1n) is 10.6. The van der Waals surface area contributed by atoms with E-state index in [2.05, 4.69) is 25.0 Å². The first-order valence-corrected chi connectivity index (χ1v) is 14.7. The summed E-state index contributed by atoms with van der Waals surface area (Å²) in [6, 6.07) is 8.26. The van der Waals surface area contributed by atoms with Gasteiger partial charge in [0.2, 0.25) is 0 Å². The van der Waals surface area contributed by atoms with Crippen LogP contribution in [-0.4, -0.2) is 55.0 Å². The van der Waals surface area contributed by atoms with Crippen molar-refractivity contribution in [3.05, 3.63) is 35.9 Å². The number of rotatable bonds is 11. The SMILES string of the molecule is CC(C)(C)OC(=O)N[C@@H](CC(=O)C(=S)C(=O)OCC[Si](C)(C)C)C(=O)OCc1ccccc1. The van der Waals surface area contributed by atoms with Crippen molar-refractivity contribution in [1.82, 2.24) is 5.32 Å². The number of esters is 2. The zero-order valence-corrected chi connectivity index (χ0v) is 21.9. The third-order valence-electron chi connectivity index (χ3n) is 4.11. The van der Waals surface area contributed by atoms with Gasteiger partial charge in [0.15, 0.2) is 10.6 Å². The number of thiocarbonyl (C=S) groups is 1. The Labute approximate surface area is 201 Å². The van der Waals surface area contributed by atoms with Crippen molar-refractivity contribution < 1.29 is 33.4 Å². The molecule has 1 amide bonds. The van der Waals surface area contributed by atoms with Gasteiger partial charge in [-0.3, -0.25) is 4.79 Å². The molecule has 0 heterocycles. The molecule has 0 radical (unpaired) electrons. The van der Waals surface area contributed by atoms with E-state index < -0.39 is 54.8 Å². The molecule has 0 aromatic heterocycles. The maximum Gasteiger partial charge on any atom is 0.408 e. The van der Waals surface area contributed by atoms with Crippen molar-refractivity contribution in [2.45, 2.75) is 71.1 Å². The molecule has 33 heavy (non-hydrogen) atoms. The summed E-state index contributed by atoms with van der Waals surface area (Å²) in [7, 11) is -1.43. The summed E-state index contributed by atoms with van der Waals surface area (Å²) in [5.74, 6) is -2.57. The molecule has 0 aliphatic rings. The molecule has 1 atom stereocenters. The highest BCUT2D eigenvalue weighted by molar-refractivity contribution is 7.84. The number of nitrogens with one attached hydrogen (secondary N) is 1. The molecular formula is C23H33NO7SSi. The lowest BCUT2D eigenvalue weighted by Gasteiger charge is -2.22. The number of alkyl carbamates (subject to hydrolysis) is 1. The van der Waals surface area contributed by atoms with Crippen molar-refractivity contribution in [3.63, 3.8) is 0 Å². The van der Waals surface area contributed by atoms with Crippen LogP contribution < -0.4 is 5.32 Å². The van der Waals surface area contributed by atoms with Crippen LogP contribution in [0.2, 0.25) is 25.7 Å². The molecule has 0 saturated heterocycles. The Bertz CT molecular complexity index is 860. The second-order valence-electron chi connectivity index (χ2n) is 9.70. The highest BCUT2D eigenvalue weighted by Gasteiger charge is 2.31. The van der Waals surface area contributed by atoms with E-state index in [9.17, 15) is 19.2 Å². The summed E-state index contributed by atoms with van der Waals surface area (Å²) in [6.07, 6.45) is -1.46. The summed E-state index contributed by atoms with van der Waals surface area (Å²) in [4.78, 5) is 49.0. The van der Waals surface area contributed by atoms with Crippen LogP contribution in [0.1, 0.15) is 32.8 Å². The van der Waals surface area contributed by atoms with Gasteiger partial charge in [-0.15, -0.1) is 0 Å². The summed E-state index contributed by atoms with van der Waals surface area (Å²) < 4.78 is 15.5. The Balaban J connectivity index is 2.81. The van der Waals surface area contributed by atoms with Crippen LogP contribution in [0.3, 0.4) is 0 Å². The predicted molar refractivity (Wildman–Crippen MR) is 131 cm³/mol. The number of Topliss-reactive ketones (excluding diaryl/α,β-unsaturated/α-hetero) is 1. The zero-order valence-electron chi connectivity index (χ0n) is 20.1. The Hall–Kier alpha value is -2.59. The second-order valence-corrected chi connectivity index (χ2v) is 15.7. The van der Waals surface area contributed by atoms with E-state index in [0.717, 1.165) is 11.6 Å². The Morgan fingerprint density at radius 2 is 1.64 bits per heavy atom. The number of carbonyl (C=O) groups is 4. The fourth-order valence-electron chi connectivity index (χ4n) is 2.38. The minimum absolute atomic E-state index is 0.0520. The first-order chi connectivity index (χ1) is 15.2. The quantitative estimate of drug-likeness (QED) is 0.162. The normalized spacial score (nSPS) is 12.3. The fourth-order valence-corrected chi connectivity index (χ4v) is 3.24. The molecular weight excluding hydrogens is 462 g/mol. The summed E-state index contributed by atoms with van der Waals surface area (Å²) >= 11 is 4.94. The van der Waals surface area contributed by atoms with Crippen LogP contribution in [0.5, 0.6) is 0 Å². The lowest BCUT2D eigenvalue weighted by atomic mass is 10.1. The largest absolute Gasteiger partial charge is 0.462 e. The maximum atomic E-state index is 12.6. The average molecular weight is 496 g/mol. The summed E-state index contributed by atoms with van der Waals surface area (Å²) in [5, 5.41) is 2.33. The third-order valence-corrected chi connectivity index (χ3v) is 6.21. The summed E-state index contributed by atoms with van der Waals surface area (Å²) in [5.41, 5.74) is -0.0862. The molecule has 1 rings (SSSR count). The Morgan fingerprint density at radius 3 is 2.18 bits per heavy atom. The molecule has 182 valence electrons. The molecule has 0 spiro atoms. The maximum absolute atomic E-state index is 12.6. The third kappa shape index (κ3) is 12.3. The lowest BCUT2D eigenvalue weighted by Crippen LogP contribution is -2.46. The predicted octanol–water partition coefficient (Wildman–Crippen LogP) is 3.83. The number of benzene rings is 1. The van der Waals surface area contributed by atoms with Crippen molar-refractivity contribution in [2.24, 2.45) is 0 Å². The van der Waals surface area contributed by atoms with Gasteiger partial charge in [-0.1, -0.05) is 62.2 Å². The summed E-state index contributed by atoms with van der Waals surface area (Å²) in [6.45, 7) is 11.5. The molecule has 0 aliphatic carbocycles. The standard InChI is InChI=1S/C23H33NO7SSi/c1-23(2,3)31-22(28)24-17(20(26)30-15-16-10-8-7-9-11-16)14-18(25)19(32)21(27)29-12-13-33(4,5)6/h7-11,17H,12-15H2,1-6H3,(H,24,28)/t17-/m0/s1. The molecule has 1 aromatic carbocycles. The monoisotopic (exact) mass is 495 g/mol. The van der Waals surface area contributed by atoms with Crippen LogP contribution >= 0.6 is 12.2 Å². The van der Waals surface area contributed by atoms with Crippen molar-refractivity contribution in [2.75, 3.05) is 6.61 Å². The van der Waals surface area contributed by atoms with E-state index in [1.807, 2.05) is 6.07 Å². The minimum Gasteiger partial charge on any atom is -0.462 e. The fraction of sp³-hybridized carbons (Fsp3) is 0.522. The Morgan fingerprint density at radius 1 is 1.03 bits per heavy atom. The molecule has 1 N–H and O–H groups in total. The molecule has 8 nitrogen and oxygen atoms in total. The van der Waals surface area contributed by atoms with Crippen LogP contribution in [-0.2, 0) is 35.2 Å².